The zero-order valence-electron chi connectivity index (χ0n) is 11.2. The summed E-state index contributed by atoms with van der Waals surface area (Å²) in [6, 6.07) is 4.92. The molecule has 0 unspecified atom stereocenters. The van der Waals surface area contributed by atoms with Gasteiger partial charge in [-0.2, -0.15) is 13.2 Å². The molecule has 0 spiro atoms. The molecule has 0 bridgehead atoms. The van der Waals surface area contributed by atoms with Crippen LogP contribution in [0.4, 0.5) is 24.5 Å². The van der Waals surface area contributed by atoms with Crippen molar-refractivity contribution in [1.29, 1.82) is 0 Å². The van der Waals surface area contributed by atoms with Crippen LogP contribution < -0.4 is 10.6 Å². The minimum atomic E-state index is -4.39. The Morgan fingerprint density at radius 1 is 1.05 bits per heavy atom. The molecule has 2 N–H and O–H groups in total. The van der Waals surface area contributed by atoms with Gasteiger partial charge in [0.15, 0.2) is 0 Å². The minimum Gasteiger partial charge on any atom is -0.398 e. The van der Waals surface area contributed by atoms with Crippen molar-refractivity contribution in [2.24, 2.45) is 0 Å². The molecule has 20 heavy (non-hydrogen) atoms. The average molecular weight is 285 g/mol. The smallest absolute Gasteiger partial charge is 0.398 e. The van der Waals surface area contributed by atoms with Gasteiger partial charge in [0.1, 0.15) is 0 Å². The molecule has 1 aromatic carbocycles. The standard InChI is InChI=1S/C14H18F3N3/c15-14(16,17)12-9-11(3-4-13(12)18)20-7-5-19(6-8-20)10-1-2-10/h3-4,9-10H,1-2,5-8,18H2. The van der Waals surface area contributed by atoms with Crippen LogP contribution in [0.15, 0.2) is 18.2 Å². The van der Waals surface area contributed by atoms with E-state index in [1.165, 1.54) is 25.0 Å². The Bertz CT molecular complexity index is 489. The molecule has 1 saturated heterocycles. The van der Waals surface area contributed by atoms with Crippen LogP contribution in [0.2, 0.25) is 0 Å². The van der Waals surface area contributed by atoms with Gasteiger partial charge in [0.2, 0.25) is 0 Å². The molecule has 0 atom stereocenters. The summed E-state index contributed by atoms with van der Waals surface area (Å²) in [5.41, 5.74) is 5.09. The van der Waals surface area contributed by atoms with Crippen LogP contribution >= 0.6 is 0 Å². The monoisotopic (exact) mass is 285 g/mol. The van der Waals surface area contributed by atoms with Crippen molar-refractivity contribution in [3.63, 3.8) is 0 Å². The summed E-state index contributed by atoms with van der Waals surface area (Å²) in [6.07, 6.45) is -1.86. The van der Waals surface area contributed by atoms with Crippen molar-refractivity contribution in [3.05, 3.63) is 23.8 Å². The molecule has 1 heterocycles. The molecule has 110 valence electrons. The lowest BCUT2D eigenvalue weighted by molar-refractivity contribution is -0.136. The third-order valence-corrected chi connectivity index (χ3v) is 4.08. The highest BCUT2D eigenvalue weighted by molar-refractivity contribution is 5.59. The van der Waals surface area contributed by atoms with E-state index in [1.54, 1.807) is 6.07 Å². The van der Waals surface area contributed by atoms with Crippen LogP contribution in [-0.2, 0) is 6.18 Å². The number of rotatable bonds is 2. The Kier molecular flexibility index (Phi) is 3.28. The first-order chi connectivity index (χ1) is 9.45. The van der Waals surface area contributed by atoms with Gasteiger partial charge >= 0.3 is 6.18 Å². The number of nitrogen functional groups attached to an aromatic ring is 1. The maximum atomic E-state index is 12.9. The number of piperazine rings is 1. The molecule has 2 fully saturated rings. The zero-order valence-corrected chi connectivity index (χ0v) is 11.2. The highest BCUT2D eigenvalue weighted by Gasteiger charge is 2.34. The van der Waals surface area contributed by atoms with Crippen LogP contribution in [0, 0.1) is 0 Å². The van der Waals surface area contributed by atoms with Crippen LogP contribution in [0.25, 0.3) is 0 Å². The van der Waals surface area contributed by atoms with Gasteiger partial charge in [-0.25, -0.2) is 0 Å². The summed E-state index contributed by atoms with van der Waals surface area (Å²) in [6.45, 7) is 3.40. The lowest BCUT2D eigenvalue weighted by Crippen LogP contribution is -2.47. The third kappa shape index (κ3) is 2.70. The summed E-state index contributed by atoms with van der Waals surface area (Å²) in [5.74, 6) is 0. The fourth-order valence-electron chi connectivity index (χ4n) is 2.77. The molecule has 0 aromatic heterocycles. The van der Waals surface area contributed by atoms with E-state index in [9.17, 15) is 13.2 Å². The van der Waals surface area contributed by atoms with E-state index in [0.29, 0.717) is 11.7 Å². The summed E-state index contributed by atoms with van der Waals surface area (Å²) in [4.78, 5) is 4.44. The topological polar surface area (TPSA) is 32.5 Å². The first-order valence-corrected chi connectivity index (χ1v) is 6.91. The lowest BCUT2D eigenvalue weighted by atomic mass is 10.1. The Labute approximate surface area is 116 Å². The number of nitrogens with two attached hydrogens (primary N) is 1. The summed E-state index contributed by atoms with van der Waals surface area (Å²) >= 11 is 0. The molecular formula is C14H18F3N3. The van der Waals surface area contributed by atoms with E-state index in [4.69, 9.17) is 5.73 Å². The zero-order chi connectivity index (χ0) is 14.3. The predicted octanol–water partition coefficient (Wildman–Crippen LogP) is 2.57. The molecular weight excluding hydrogens is 267 g/mol. The fourth-order valence-corrected chi connectivity index (χ4v) is 2.77. The number of halogens is 3. The number of nitrogens with zero attached hydrogens (tertiary/aromatic N) is 2. The Hall–Kier alpha value is -1.43. The summed E-state index contributed by atoms with van der Waals surface area (Å²) in [5, 5.41) is 0. The second-order valence-electron chi connectivity index (χ2n) is 5.52. The van der Waals surface area contributed by atoms with Crippen LogP contribution in [0.3, 0.4) is 0 Å². The molecule has 1 aromatic rings. The fraction of sp³-hybridized carbons (Fsp3) is 0.571. The number of hydrogen-bond acceptors (Lipinski definition) is 3. The van der Waals surface area contributed by atoms with Crippen molar-refractivity contribution in [3.8, 4) is 0 Å². The largest absolute Gasteiger partial charge is 0.418 e. The SMILES string of the molecule is Nc1ccc(N2CCN(C3CC3)CC2)cc1C(F)(F)F. The van der Waals surface area contributed by atoms with Gasteiger partial charge in [-0.3, -0.25) is 4.90 Å². The number of anilines is 2. The number of benzene rings is 1. The van der Waals surface area contributed by atoms with Gasteiger partial charge in [-0.1, -0.05) is 0 Å². The Morgan fingerprint density at radius 3 is 2.25 bits per heavy atom. The van der Waals surface area contributed by atoms with Crippen molar-refractivity contribution in [2.45, 2.75) is 25.1 Å². The van der Waals surface area contributed by atoms with Crippen molar-refractivity contribution < 1.29 is 13.2 Å². The predicted molar refractivity (Wildman–Crippen MR) is 72.7 cm³/mol. The quantitative estimate of drug-likeness (QED) is 0.848. The maximum absolute atomic E-state index is 12.9. The van der Waals surface area contributed by atoms with E-state index in [1.807, 2.05) is 4.90 Å². The van der Waals surface area contributed by atoms with Crippen molar-refractivity contribution >= 4 is 11.4 Å². The van der Waals surface area contributed by atoms with E-state index >= 15 is 0 Å². The maximum Gasteiger partial charge on any atom is 0.418 e. The van der Waals surface area contributed by atoms with Gasteiger partial charge in [0.05, 0.1) is 5.56 Å². The van der Waals surface area contributed by atoms with Gasteiger partial charge in [-0.15, -0.1) is 0 Å². The van der Waals surface area contributed by atoms with Crippen LogP contribution in [0.5, 0.6) is 0 Å². The number of hydrogen-bond donors (Lipinski definition) is 1. The first kappa shape index (κ1) is 13.5. The molecule has 1 aliphatic carbocycles. The Balaban J connectivity index is 1.74. The van der Waals surface area contributed by atoms with Crippen molar-refractivity contribution in [2.75, 3.05) is 36.8 Å². The second-order valence-corrected chi connectivity index (χ2v) is 5.52. The average Bonchev–Trinajstić information content (AvgIpc) is 3.22. The molecule has 1 aliphatic heterocycles. The van der Waals surface area contributed by atoms with Gasteiger partial charge in [0.25, 0.3) is 0 Å². The summed E-state index contributed by atoms with van der Waals surface area (Å²) < 4.78 is 38.6. The molecule has 1 saturated carbocycles. The summed E-state index contributed by atoms with van der Waals surface area (Å²) in [7, 11) is 0. The van der Waals surface area contributed by atoms with E-state index in [0.717, 1.165) is 26.2 Å². The molecule has 3 nitrogen and oxygen atoms in total. The van der Waals surface area contributed by atoms with E-state index in [2.05, 4.69) is 4.90 Å². The highest BCUT2D eigenvalue weighted by Crippen LogP contribution is 2.36. The highest BCUT2D eigenvalue weighted by atomic mass is 19.4. The first-order valence-electron chi connectivity index (χ1n) is 6.91. The normalized spacial score (nSPS) is 21.2. The minimum absolute atomic E-state index is 0.210. The third-order valence-electron chi connectivity index (χ3n) is 4.08. The van der Waals surface area contributed by atoms with Gasteiger partial charge < -0.3 is 10.6 Å². The van der Waals surface area contributed by atoms with Crippen LogP contribution in [0.1, 0.15) is 18.4 Å². The number of alkyl halides is 3. The van der Waals surface area contributed by atoms with Gasteiger partial charge in [-0.05, 0) is 31.0 Å². The lowest BCUT2D eigenvalue weighted by Gasteiger charge is -2.36. The molecule has 0 radical (unpaired) electrons. The van der Waals surface area contributed by atoms with E-state index in [-0.39, 0.29) is 5.69 Å². The van der Waals surface area contributed by atoms with Gasteiger partial charge in [0, 0.05) is 43.6 Å². The van der Waals surface area contributed by atoms with Crippen LogP contribution in [-0.4, -0.2) is 37.1 Å². The molecule has 6 heteroatoms. The molecule has 2 aliphatic rings. The molecule has 0 amide bonds. The van der Waals surface area contributed by atoms with E-state index < -0.39 is 11.7 Å². The second kappa shape index (κ2) is 4.84. The Morgan fingerprint density at radius 2 is 1.70 bits per heavy atom. The van der Waals surface area contributed by atoms with Crippen molar-refractivity contribution in [1.82, 2.24) is 4.90 Å². The molecule has 3 rings (SSSR count).